The molecule has 4 aromatic rings. The largest absolute Gasteiger partial charge is 0.497 e. The first-order chi connectivity index (χ1) is 18.6. The average molecular weight is 542 g/mol. The minimum absolute atomic E-state index is 0.136. The van der Waals surface area contributed by atoms with Gasteiger partial charge in [0.15, 0.2) is 0 Å². The third kappa shape index (κ3) is 6.20. The molecule has 202 valence electrons. The third-order valence-corrected chi connectivity index (χ3v) is 5.34. The molecule has 1 aromatic heterocycles. The van der Waals surface area contributed by atoms with Crippen LogP contribution in [0.25, 0.3) is 11.0 Å². The molecule has 0 aliphatic carbocycles. The summed E-state index contributed by atoms with van der Waals surface area (Å²) in [6, 6.07) is 14.5. The molecule has 0 saturated heterocycles. The van der Waals surface area contributed by atoms with Gasteiger partial charge in [0.1, 0.15) is 22.8 Å². The molecule has 4 rings (SSSR count). The Morgan fingerprint density at radius 2 is 1.59 bits per heavy atom. The summed E-state index contributed by atoms with van der Waals surface area (Å²) in [6.07, 6.45) is -4.48. The second-order valence-corrected chi connectivity index (χ2v) is 8.13. The summed E-state index contributed by atoms with van der Waals surface area (Å²) in [5.74, 6) is -4.04. The Bertz CT molecular complexity index is 1570. The van der Waals surface area contributed by atoms with Gasteiger partial charge in [0.25, 0.3) is 5.76 Å². The highest BCUT2D eigenvalue weighted by Gasteiger charge is 2.40. The summed E-state index contributed by atoms with van der Waals surface area (Å²) in [5.41, 5.74) is -1.26. The van der Waals surface area contributed by atoms with Crippen LogP contribution < -0.4 is 19.6 Å². The highest BCUT2D eigenvalue weighted by Crippen LogP contribution is 2.38. The molecule has 0 amide bonds. The standard InChI is InChI=1S/C28H21F3O8/c1-3-13-36-26(33)16-7-9-18(10-8-16)37-24-23(32)21-12-11-20(15-22(21)39-25(24)28(29,30)31)38-27(34)17-5-4-6-19(14-17)35-2/h4-12,14-15H,3,13H2,1-2H3. The number of alkyl halides is 3. The average Bonchev–Trinajstić information content (AvgIpc) is 2.92. The molecule has 11 heteroatoms. The molecule has 0 saturated carbocycles. The van der Waals surface area contributed by atoms with E-state index in [1.807, 2.05) is 6.92 Å². The predicted molar refractivity (Wildman–Crippen MR) is 133 cm³/mol. The fourth-order valence-corrected chi connectivity index (χ4v) is 3.47. The lowest BCUT2D eigenvalue weighted by molar-refractivity contribution is -0.154. The van der Waals surface area contributed by atoms with Crippen molar-refractivity contribution in [2.24, 2.45) is 0 Å². The van der Waals surface area contributed by atoms with E-state index in [9.17, 15) is 27.6 Å². The second-order valence-electron chi connectivity index (χ2n) is 8.13. The van der Waals surface area contributed by atoms with Crippen LogP contribution in [-0.2, 0) is 10.9 Å². The van der Waals surface area contributed by atoms with Crippen LogP contribution in [-0.4, -0.2) is 25.7 Å². The van der Waals surface area contributed by atoms with Gasteiger partial charge in [-0.1, -0.05) is 13.0 Å². The van der Waals surface area contributed by atoms with Crippen molar-refractivity contribution < 1.29 is 46.1 Å². The number of fused-ring (bicyclic) bond motifs is 1. The number of carbonyl (C=O) groups excluding carboxylic acids is 2. The second kappa shape index (κ2) is 11.3. The van der Waals surface area contributed by atoms with E-state index in [2.05, 4.69) is 0 Å². The van der Waals surface area contributed by atoms with Gasteiger partial charge in [-0.2, -0.15) is 13.2 Å². The highest BCUT2D eigenvalue weighted by atomic mass is 19.4. The van der Waals surface area contributed by atoms with Crippen LogP contribution in [0.3, 0.4) is 0 Å². The lowest BCUT2D eigenvalue weighted by Crippen LogP contribution is -2.16. The zero-order valence-electron chi connectivity index (χ0n) is 20.7. The number of rotatable bonds is 8. The number of hydrogen-bond donors (Lipinski definition) is 0. The maximum Gasteiger partial charge on any atom is 0.453 e. The molecule has 8 nitrogen and oxygen atoms in total. The summed E-state index contributed by atoms with van der Waals surface area (Å²) in [4.78, 5) is 37.5. The van der Waals surface area contributed by atoms with Gasteiger partial charge in [-0.25, -0.2) is 9.59 Å². The Kier molecular flexibility index (Phi) is 7.89. The monoisotopic (exact) mass is 542 g/mol. The van der Waals surface area contributed by atoms with Crippen LogP contribution in [0.2, 0.25) is 0 Å². The Morgan fingerprint density at radius 3 is 2.26 bits per heavy atom. The van der Waals surface area contributed by atoms with Crippen LogP contribution in [0, 0.1) is 0 Å². The summed E-state index contributed by atoms with van der Waals surface area (Å²) in [7, 11) is 1.42. The van der Waals surface area contributed by atoms with Gasteiger partial charge in [0.2, 0.25) is 11.2 Å². The first-order valence-corrected chi connectivity index (χ1v) is 11.6. The van der Waals surface area contributed by atoms with Gasteiger partial charge in [-0.15, -0.1) is 0 Å². The molecule has 0 fully saturated rings. The van der Waals surface area contributed by atoms with E-state index in [4.69, 9.17) is 23.4 Å². The minimum atomic E-state index is -5.10. The fourth-order valence-electron chi connectivity index (χ4n) is 3.47. The number of hydrogen-bond acceptors (Lipinski definition) is 8. The lowest BCUT2D eigenvalue weighted by Gasteiger charge is -2.14. The van der Waals surface area contributed by atoms with E-state index in [0.717, 1.165) is 12.1 Å². The van der Waals surface area contributed by atoms with Crippen molar-refractivity contribution >= 4 is 22.9 Å². The number of esters is 2. The number of halogens is 3. The molecular weight excluding hydrogens is 521 g/mol. The summed E-state index contributed by atoms with van der Waals surface area (Å²) >= 11 is 0. The Balaban J connectivity index is 1.66. The predicted octanol–water partition coefficient (Wildman–Crippen LogP) is 6.40. The summed E-state index contributed by atoms with van der Waals surface area (Å²) in [6.45, 7) is 2.04. The van der Waals surface area contributed by atoms with Crippen molar-refractivity contribution in [3.63, 3.8) is 0 Å². The van der Waals surface area contributed by atoms with Gasteiger partial charge >= 0.3 is 18.1 Å². The van der Waals surface area contributed by atoms with Crippen molar-refractivity contribution in [1.82, 2.24) is 0 Å². The SMILES string of the molecule is CCCOC(=O)c1ccc(Oc2c(C(F)(F)F)oc3cc(OC(=O)c4cccc(OC)c4)ccc3c2=O)cc1. The van der Waals surface area contributed by atoms with Crippen molar-refractivity contribution in [3.8, 4) is 23.0 Å². The molecular formula is C28H21F3O8. The molecule has 39 heavy (non-hydrogen) atoms. The van der Waals surface area contributed by atoms with E-state index in [1.54, 1.807) is 12.1 Å². The quantitative estimate of drug-likeness (QED) is 0.186. The topological polar surface area (TPSA) is 101 Å². The molecule has 0 bridgehead atoms. The maximum atomic E-state index is 13.9. The van der Waals surface area contributed by atoms with Crippen molar-refractivity contribution in [2.75, 3.05) is 13.7 Å². The van der Waals surface area contributed by atoms with Gasteiger partial charge < -0.3 is 23.4 Å². The van der Waals surface area contributed by atoms with Crippen LogP contribution >= 0.6 is 0 Å². The number of methoxy groups -OCH3 is 1. The normalized spacial score (nSPS) is 11.2. The lowest BCUT2D eigenvalue weighted by atomic mass is 10.2. The van der Waals surface area contributed by atoms with Crippen molar-refractivity contribution in [2.45, 2.75) is 19.5 Å². The van der Waals surface area contributed by atoms with Crippen LogP contribution in [0.4, 0.5) is 13.2 Å². The fraction of sp³-hybridized carbons (Fsp3) is 0.179. The molecule has 0 aliphatic heterocycles. The van der Waals surface area contributed by atoms with Gasteiger partial charge in [-0.05, 0) is 61.0 Å². The molecule has 0 spiro atoms. The molecule has 0 radical (unpaired) electrons. The van der Waals surface area contributed by atoms with Gasteiger partial charge in [0.05, 0.1) is 30.2 Å². The zero-order valence-corrected chi connectivity index (χ0v) is 20.7. The third-order valence-electron chi connectivity index (χ3n) is 5.34. The van der Waals surface area contributed by atoms with Crippen molar-refractivity contribution in [1.29, 1.82) is 0 Å². The number of ether oxygens (including phenoxy) is 4. The van der Waals surface area contributed by atoms with Gasteiger partial charge in [-0.3, -0.25) is 4.79 Å². The van der Waals surface area contributed by atoms with E-state index in [-0.39, 0.29) is 34.6 Å². The maximum absolute atomic E-state index is 13.9. The Labute approximate surface area is 219 Å². The summed E-state index contributed by atoms with van der Waals surface area (Å²) in [5, 5.41) is -0.237. The van der Waals surface area contributed by atoms with E-state index < -0.39 is 40.6 Å². The first-order valence-electron chi connectivity index (χ1n) is 11.6. The summed E-state index contributed by atoms with van der Waals surface area (Å²) < 4.78 is 67.3. The molecule has 0 unspecified atom stereocenters. The smallest absolute Gasteiger partial charge is 0.453 e. The molecule has 3 aromatic carbocycles. The molecule has 0 aliphatic rings. The van der Waals surface area contributed by atoms with E-state index in [0.29, 0.717) is 12.2 Å². The van der Waals surface area contributed by atoms with Crippen LogP contribution in [0.5, 0.6) is 23.0 Å². The first kappa shape index (κ1) is 27.2. The Hall–Kier alpha value is -4.80. The van der Waals surface area contributed by atoms with Gasteiger partial charge in [0, 0.05) is 6.07 Å². The van der Waals surface area contributed by atoms with Crippen LogP contribution in [0.15, 0.2) is 75.9 Å². The molecule has 0 atom stereocenters. The van der Waals surface area contributed by atoms with E-state index in [1.165, 1.54) is 49.6 Å². The van der Waals surface area contributed by atoms with Crippen LogP contribution in [0.1, 0.15) is 39.8 Å². The minimum Gasteiger partial charge on any atom is -0.497 e. The van der Waals surface area contributed by atoms with Crippen molar-refractivity contribution in [3.05, 3.63) is 93.8 Å². The molecule has 0 N–H and O–H groups in total. The number of carbonyl (C=O) groups is 2. The highest BCUT2D eigenvalue weighted by molar-refractivity contribution is 5.92. The van der Waals surface area contributed by atoms with E-state index >= 15 is 0 Å². The number of benzene rings is 3. The zero-order chi connectivity index (χ0) is 28.2. The Morgan fingerprint density at radius 1 is 0.872 bits per heavy atom. The molecule has 1 heterocycles.